The normalized spacial score (nSPS) is 10.3. The van der Waals surface area contributed by atoms with Crippen LogP contribution in [0.1, 0.15) is 19.8 Å². The first-order chi connectivity index (χ1) is 7.90. The third kappa shape index (κ3) is 2.59. The van der Waals surface area contributed by atoms with Crippen molar-refractivity contribution in [2.24, 2.45) is 0 Å². The molecule has 2 heterocycles. The largest absolute Gasteiger partial charge is 0.196 e. The van der Waals surface area contributed by atoms with Crippen molar-refractivity contribution in [3.8, 4) is 11.1 Å². The van der Waals surface area contributed by atoms with Crippen LogP contribution in [-0.4, -0.2) is 15.3 Å². The lowest BCUT2D eigenvalue weighted by Gasteiger charge is -1.97. The predicted molar refractivity (Wildman–Crippen MR) is 60.4 cm³/mol. The van der Waals surface area contributed by atoms with Gasteiger partial charge < -0.3 is 0 Å². The SMILES string of the molecule is CCCC[n+]1ccc(-c2ccnnc2)cn1. The molecule has 0 bridgehead atoms. The third-order valence-electron chi connectivity index (χ3n) is 2.43. The quantitative estimate of drug-likeness (QED) is 0.728. The minimum Gasteiger partial charge on any atom is -0.159 e. The molecule has 0 aliphatic rings. The first kappa shape index (κ1) is 10.7. The van der Waals surface area contributed by atoms with Crippen LogP contribution < -0.4 is 4.68 Å². The minimum atomic E-state index is 0.978. The predicted octanol–water partition coefficient (Wildman–Crippen LogP) is 1.63. The summed E-state index contributed by atoms with van der Waals surface area (Å²) in [4.78, 5) is 0. The van der Waals surface area contributed by atoms with Gasteiger partial charge in [0.15, 0.2) is 12.7 Å². The van der Waals surface area contributed by atoms with Crippen molar-refractivity contribution in [3.05, 3.63) is 36.9 Å². The van der Waals surface area contributed by atoms with E-state index in [1.54, 1.807) is 12.4 Å². The summed E-state index contributed by atoms with van der Waals surface area (Å²) in [6.45, 7) is 3.16. The molecule has 0 amide bonds. The van der Waals surface area contributed by atoms with Gasteiger partial charge in [0.2, 0.25) is 0 Å². The van der Waals surface area contributed by atoms with Crippen LogP contribution in [0.25, 0.3) is 11.1 Å². The highest BCUT2D eigenvalue weighted by molar-refractivity contribution is 5.59. The average Bonchev–Trinajstić information content (AvgIpc) is 2.38. The Bertz CT molecular complexity index is 425. The van der Waals surface area contributed by atoms with Crippen LogP contribution in [0, 0.1) is 0 Å². The molecule has 2 rings (SSSR count). The zero-order chi connectivity index (χ0) is 11.2. The van der Waals surface area contributed by atoms with Crippen molar-refractivity contribution in [2.45, 2.75) is 26.3 Å². The van der Waals surface area contributed by atoms with E-state index in [0.717, 1.165) is 24.1 Å². The van der Waals surface area contributed by atoms with Gasteiger partial charge in [-0.2, -0.15) is 10.2 Å². The van der Waals surface area contributed by atoms with Crippen molar-refractivity contribution >= 4 is 0 Å². The van der Waals surface area contributed by atoms with Gasteiger partial charge in [0, 0.05) is 23.6 Å². The maximum absolute atomic E-state index is 4.36. The summed E-state index contributed by atoms with van der Waals surface area (Å²) in [6, 6.07) is 3.99. The highest BCUT2D eigenvalue weighted by atomic mass is 15.2. The van der Waals surface area contributed by atoms with Gasteiger partial charge >= 0.3 is 0 Å². The standard InChI is InChI=1S/C12H15N4/c1-2-3-7-16-8-5-12(10-15-16)11-4-6-13-14-9-11/h4-6,8-10H,2-3,7H2,1H3/q+1. The van der Waals surface area contributed by atoms with Crippen molar-refractivity contribution in [2.75, 3.05) is 0 Å². The van der Waals surface area contributed by atoms with Crippen LogP contribution in [0.4, 0.5) is 0 Å². The molecule has 0 aliphatic carbocycles. The number of hydrogen-bond acceptors (Lipinski definition) is 3. The molecule has 4 heteroatoms. The van der Waals surface area contributed by atoms with Gasteiger partial charge in [-0.05, 0) is 11.2 Å². The number of aryl methyl sites for hydroxylation is 1. The molecule has 4 nitrogen and oxygen atoms in total. The number of nitrogens with zero attached hydrogens (tertiary/aromatic N) is 4. The molecule has 0 aromatic carbocycles. The first-order valence-corrected chi connectivity index (χ1v) is 5.53. The third-order valence-corrected chi connectivity index (χ3v) is 2.43. The summed E-state index contributed by atoms with van der Waals surface area (Å²) in [5.74, 6) is 0. The van der Waals surface area contributed by atoms with Crippen LogP contribution in [0.15, 0.2) is 36.9 Å². The van der Waals surface area contributed by atoms with E-state index in [0.29, 0.717) is 0 Å². The molecule has 0 N–H and O–H groups in total. The summed E-state index contributed by atoms with van der Waals surface area (Å²) in [5.41, 5.74) is 2.12. The Morgan fingerprint density at radius 1 is 1.12 bits per heavy atom. The molecule has 2 aromatic heterocycles. The molecule has 0 fully saturated rings. The Kier molecular flexibility index (Phi) is 3.53. The van der Waals surface area contributed by atoms with Crippen LogP contribution in [0.3, 0.4) is 0 Å². The topological polar surface area (TPSA) is 42.5 Å². The molecular formula is C12H15N4+. The van der Waals surface area contributed by atoms with Crippen molar-refractivity contribution in [3.63, 3.8) is 0 Å². The Hall–Kier alpha value is -1.84. The molecule has 82 valence electrons. The monoisotopic (exact) mass is 215 g/mol. The van der Waals surface area contributed by atoms with E-state index in [4.69, 9.17) is 0 Å². The van der Waals surface area contributed by atoms with Gasteiger partial charge in [-0.3, -0.25) is 0 Å². The van der Waals surface area contributed by atoms with E-state index in [-0.39, 0.29) is 0 Å². The fourth-order valence-corrected chi connectivity index (χ4v) is 1.47. The molecule has 0 aliphatic heterocycles. The van der Waals surface area contributed by atoms with Crippen molar-refractivity contribution in [1.29, 1.82) is 0 Å². The van der Waals surface area contributed by atoms with Crippen LogP contribution >= 0.6 is 0 Å². The molecule has 0 spiro atoms. The number of unbranched alkanes of at least 4 members (excludes halogenated alkanes) is 1. The molecule has 0 saturated carbocycles. The van der Waals surface area contributed by atoms with Gasteiger partial charge in [-0.15, -0.1) is 0 Å². The zero-order valence-electron chi connectivity index (χ0n) is 9.37. The lowest BCUT2D eigenvalue weighted by molar-refractivity contribution is -0.754. The van der Waals surface area contributed by atoms with Gasteiger partial charge in [0.05, 0.1) is 12.4 Å². The van der Waals surface area contributed by atoms with Gasteiger partial charge in [0.25, 0.3) is 0 Å². The van der Waals surface area contributed by atoms with Crippen LogP contribution in [0.5, 0.6) is 0 Å². The first-order valence-electron chi connectivity index (χ1n) is 5.53. The molecule has 0 unspecified atom stereocenters. The number of rotatable bonds is 4. The highest BCUT2D eigenvalue weighted by Crippen LogP contribution is 2.13. The maximum atomic E-state index is 4.36. The van der Waals surface area contributed by atoms with E-state index in [1.807, 2.05) is 23.1 Å². The van der Waals surface area contributed by atoms with Crippen LogP contribution in [-0.2, 0) is 6.54 Å². The minimum absolute atomic E-state index is 0.978. The molecule has 2 aromatic rings. The Morgan fingerprint density at radius 3 is 2.62 bits per heavy atom. The second kappa shape index (κ2) is 5.30. The zero-order valence-corrected chi connectivity index (χ0v) is 9.37. The van der Waals surface area contributed by atoms with E-state index in [1.165, 1.54) is 6.42 Å². The van der Waals surface area contributed by atoms with Crippen LogP contribution in [0.2, 0.25) is 0 Å². The molecule has 0 radical (unpaired) electrons. The summed E-state index contributed by atoms with van der Waals surface area (Å²) < 4.78 is 1.96. The van der Waals surface area contributed by atoms with Gasteiger partial charge in [0.1, 0.15) is 6.20 Å². The van der Waals surface area contributed by atoms with Crippen molar-refractivity contribution < 1.29 is 4.68 Å². The van der Waals surface area contributed by atoms with E-state index in [2.05, 4.69) is 28.3 Å². The molecule has 0 saturated heterocycles. The second-order valence-electron chi connectivity index (χ2n) is 3.66. The lowest BCUT2D eigenvalue weighted by atomic mass is 10.1. The van der Waals surface area contributed by atoms with Gasteiger partial charge in [-0.25, -0.2) is 0 Å². The van der Waals surface area contributed by atoms with E-state index < -0.39 is 0 Å². The Labute approximate surface area is 95.0 Å². The highest BCUT2D eigenvalue weighted by Gasteiger charge is 2.03. The molecule has 0 atom stereocenters. The number of aromatic nitrogens is 4. The fraction of sp³-hybridized carbons (Fsp3) is 0.333. The van der Waals surface area contributed by atoms with E-state index >= 15 is 0 Å². The summed E-state index contributed by atoms with van der Waals surface area (Å²) in [6.07, 6.45) is 9.65. The summed E-state index contributed by atoms with van der Waals surface area (Å²) >= 11 is 0. The summed E-state index contributed by atoms with van der Waals surface area (Å²) in [5, 5.41) is 12.0. The summed E-state index contributed by atoms with van der Waals surface area (Å²) in [7, 11) is 0. The van der Waals surface area contributed by atoms with Crippen molar-refractivity contribution in [1.82, 2.24) is 15.3 Å². The van der Waals surface area contributed by atoms with E-state index in [9.17, 15) is 0 Å². The fourth-order valence-electron chi connectivity index (χ4n) is 1.47. The average molecular weight is 215 g/mol. The second-order valence-corrected chi connectivity index (χ2v) is 3.66. The van der Waals surface area contributed by atoms with Gasteiger partial charge in [-0.1, -0.05) is 18.0 Å². The lowest BCUT2D eigenvalue weighted by Crippen LogP contribution is -2.37. The molecule has 16 heavy (non-hydrogen) atoms. The Balaban J connectivity index is 2.13. The smallest absolute Gasteiger partial charge is 0.159 e. The Morgan fingerprint density at radius 2 is 2.00 bits per heavy atom. The maximum Gasteiger partial charge on any atom is 0.196 e. The molecular weight excluding hydrogens is 200 g/mol. The number of hydrogen-bond donors (Lipinski definition) is 0.